The maximum atomic E-state index is 13.3. The molecule has 1 amide bonds. The molecule has 0 radical (unpaired) electrons. The van der Waals surface area contributed by atoms with E-state index in [1.807, 2.05) is 0 Å². The number of benzene rings is 1. The monoisotopic (exact) mass is 269 g/mol. The quantitative estimate of drug-likeness (QED) is 0.821. The van der Waals surface area contributed by atoms with Gasteiger partial charge in [-0.3, -0.25) is 4.79 Å². The number of nitrogens with one attached hydrogen (secondary N) is 1. The van der Waals surface area contributed by atoms with Crippen LogP contribution in [0.4, 0.5) is 4.39 Å². The molecule has 0 aromatic heterocycles. The fourth-order valence-corrected chi connectivity index (χ4v) is 1.31. The molecule has 0 bridgehead atoms. The molecule has 1 N–H and O–H groups in total. The standard InChI is InChI=1S/C11H9BrFNO/c1-2-3-6-14-11(15)9-5-4-8(12)7-10(9)13/h4-5,7H,6H2,1H3,(H,14,15). The molecule has 0 saturated heterocycles. The Labute approximate surface area is 96.0 Å². The highest BCUT2D eigenvalue weighted by Crippen LogP contribution is 2.14. The minimum atomic E-state index is -0.550. The van der Waals surface area contributed by atoms with E-state index >= 15 is 0 Å². The summed E-state index contributed by atoms with van der Waals surface area (Å²) < 4.78 is 13.9. The average Bonchev–Trinajstić information content (AvgIpc) is 2.17. The van der Waals surface area contributed by atoms with Gasteiger partial charge in [-0.1, -0.05) is 21.9 Å². The normalized spacial score (nSPS) is 9.00. The minimum absolute atomic E-state index is 0.0242. The van der Waals surface area contributed by atoms with E-state index in [2.05, 4.69) is 33.1 Å². The van der Waals surface area contributed by atoms with E-state index < -0.39 is 11.7 Å². The molecule has 1 aromatic carbocycles. The zero-order chi connectivity index (χ0) is 11.3. The highest BCUT2D eigenvalue weighted by Gasteiger charge is 2.10. The number of rotatable bonds is 2. The van der Waals surface area contributed by atoms with E-state index in [9.17, 15) is 9.18 Å². The van der Waals surface area contributed by atoms with Crippen molar-refractivity contribution in [2.24, 2.45) is 0 Å². The van der Waals surface area contributed by atoms with Crippen LogP contribution < -0.4 is 5.32 Å². The highest BCUT2D eigenvalue weighted by molar-refractivity contribution is 9.10. The summed E-state index contributed by atoms with van der Waals surface area (Å²) in [5.74, 6) is 4.29. The molecule has 0 saturated carbocycles. The molecule has 15 heavy (non-hydrogen) atoms. The van der Waals surface area contributed by atoms with Crippen molar-refractivity contribution in [1.29, 1.82) is 0 Å². The van der Waals surface area contributed by atoms with Crippen LogP contribution >= 0.6 is 15.9 Å². The van der Waals surface area contributed by atoms with Crippen molar-refractivity contribution in [1.82, 2.24) is 5.32 Å². The minimum Gasteiger partial charge on any atom is -0.341 e. The molecule has 2 nitrogen and oxygen atoms in total. The summed E-state index contributed by atoms with van der Waals surface area (Å²) in [5, 5.41) is 2.49. The first-order chi connectivity index (χ1) is 7.15. The Balaban J connectivity index is 2.76. The van der Waals surface area contributed by atoms with Crippen LogP contribution in [-0.4, -0.2) is 12.5 Å². The van der Waals surface area contributed by atoms with E-state index in [0.717, 1.165) is 0 Å². The van der Waals surface area contributed by atoms with E-state index in [1.165, 1.54) is 12.1 Å². The fourth-order valence-electron chi connectivity index (χ4n) is 0.982. The lowest BCUT2D eigenvalue weighted by Gasteiger charge is -2.02. The second kappa shape index (κ2) is 5.52. The first-order valence-electron chi connectivity index (χ1n) is 4.28. The molecule has 0 spiro atoms. The fraction of sp³-hybridized carbons (Fsp3) is 0.182. The molecule has 0 fully saturated rings. The number of halogens is 2. The van der Waals surface area contributed by atoms with Crippen molar-refractivity contribution in [2.75, 3.05) is 6.54 Å². The first kappa shape index (κ1) is 11.7. The van der Waals surface area contributed by atoms with Crippen LogP contribution in [0, 0.1) is 17.7 Å². The molecule has 0 atom stereocenters. The van der Waals surface area contributed by atoms with Crippen molar-refractivity contribution in [2.45, 2.75) is 6.92 Å². The molecule has 1 aromatic rings. The van der Waals surface area contributed by atoms with Crippen LogP contribution in [0.25, 0.3) is 0 Å². The van der Waals surface area contributed by atoms with Gasteiger partial charge in [0.05, 0.1) is 12.1 Å². The van der Waals surface area contributed by atoms with Gasteiger partial charge in [0.1, 0.15) is 5.82 Å². The molecule has 0 aliphatic heterocycles. The molecule has 0 unspecified atom stereocenters. The van der Waals surface area contributed by atoms with Gasteiger partial charge in [0.2, 0.25) is 0 Å². The Hall–Kier alpha value is -1.34. The number of amides is 1. The number of carbonyl (C=O) groups is 1. The van der Waals surface area contributed by atoms with Crippen LogP contribution in [0.1, 0.15) is 17.3 Å². The second-order valence-electron chi connectivity index (χ2n) is 2.73. The van der Waals surface area contributed by atoms with E-state index in [1.54, 1.807) is 13.0 Å². The van der Waals surface area contributed by atoms with Gasteiger partial charge in [-0.25, -0.2) is 4.39 Å². The molecular weight excluding hydrogens is 261 g/mol. The molecule has 0 aliphatic carbocycles. The van der Waals surface area contributed by atoms with Gasteiger partial charge in [-0.2, -0.15) is 0 Å². The predicted octanol–water partition coefficient (Wildman–Crippen LogP) is 2.34. The van der Waals surface area contributed by atoms with Gasteiger partial charge in [-0.05, 0) is 25.1 Å². The van der Waals surface area contributed by atoms with Crippen LogP contribution in [0.15, 0.2) is 22.7 Å². The summed E-state index contributed by atoms with van der Waals surface area (Å²) in [6.07, 6.45) is 0. The van der Waals surface area contributed by atoms with Gasteiger partial charge in [0.25, 0.3) is 5.91 Å². The van der Waals surface area contributed by atoms with Crippen molar-refractivity contribution < 1.29 is 9.18 Å². The third-order valence-electron chi connectivity index (χ3n) is 1.69. The summed E-state index contributed by atoms with van der Waals surface area (Å²) in [6, 6.07) is 4.29. The first-order valence-corrected chi connectivity index (χ1v) is 5.07. The number of hydrogen-bond donors (Lipinski definition) is 1. The Morgan fingerprint density at radius 3 is 2.93 bits per heavy atom. The average molecular weight is 270 g/mol. The molecule has 0 aliphatic rings. The van der Waals surface area contributed by atoms with Crippen molar-refractivity contribution in [3.8, 4) is 11.8 Å². The highest BCUT2D eigenvalue weighted by atomic mass is 79.9. The van der Waals surface area contributed by atoms with Gasteiger partial charge in [0.15, 0.2) is 0 Å². The summed E-state index contributed by atoms with van der Waals surface area (Å²) in [4.78, 5) is 11.4. The van der Waals surface area contributed by atoms with Crippen molar-refractivity contribution >= 4 is 21.8 Å². The van der Waals surface area contributed by atoms with Gasteiger partial charge in [0, 0.05) is 4.47 Å². The van der Waals surface area contributed by atoms with Crippen LogP contribution in [0.3, 0.4) is 0 Å². The van der Waals surface area contributed by atoms with Crippen LogP contribution in [-0.2, 0) is 0 Å². The summed E-state index contributed by atoms with van der Waals surface area (Å²) in [6.45, 7) is 1.90. The maximum Gasteiger partial charge on any atom is 0.255 e. The van der Waals surface area contributed by atoms with E-state index in [4.69, 9.17) is 0 Å². The van der Waals surface area contributed by atoms with Gasteiger partial charge < -0.3 is 5.32 Å². The third kappa shape index (κ3) is 3.37. The van der Waals surface area contributed by atoms with Crippen LogP contribution in [0.5, 0.6) is 0 Å². The SMILES string of the molecule is CC#CCNC(=O)c1ccc(Br)cc1F. The molecule has 4 heteroatoms. The van der Waals surface area contributed by atoms with E-state index in [0.29, 0.717) is 4.47 Å². The van der Waals surface area contributed by atoms with Crippen LogP contribution in [0.2, 0.25) is 0 Å². The number of carbonyl (C=O) groups excluding carboxylic acids is 1. The van der Waals surface area contributed by atoms with Crippen molar-refractivity contribution in [3.05, 3.63) is 34.1 Å². The molecule has 1 rings (SSSR count). The second-order valence-corrected chi connectivity index (χ2v) is 3.65. The Morgan fingerprint density at radius 1 is 1.60 bits per heavy atom. The molecule has 0 heterocycles. The summed E-state index contributed by atoms with van der Waals surface area (Å²) in [7, 11) is 0. The van der Waals surface area contributed by atoms with Crippen molar-refractivity contribution in [3.63, 3.8) is 0 Å². The lowest BCUT2D eigenvalue weighted by atomic mass is 10.2. The Bertz CT molecular complexity index is 434. The molecular formula is C11H9BrFNO. The largest absolute Gasteiger partial charge is 0.341 e. The number of hydrogen-bond acceptors (Lipinski definition) is 1. The zero-order valence-electron chi connectivity index (χ0n) is 8.10. The van der Waals surface area contributed by atoms with E-state index in [-0.39, 0.29) is 12.1 Å². The Morgan fingerprint density at radius 2 is 2.33 bits per heavy atom. The third-order valence-corrected chi connectivity index (χ3v) is 2.18. The zero-order valence-corrected chi connectivity index (χ0v) is 9.69. The summed E-state index contributed by atoms with van der Waals surface area (Å²) in [5.41, 5.74) is 0.0242. The Kier molecular flexibility index (Phi) is 4.32. The predicted molar refractivity (Wildman–Crippen MR) is 59.9 cm³/mol. The smallest absolute Gasteiger partial charge is 0.255 e. The lowest BCUT2D eigenvalue weighted by molar-refractivity contribution is 0.0954. The van der Waals surface area contributed by atoms with Gasteiger partial charge in [-0.15, -0.1) is 5.92 Å². The lowest BCUT2D eigenvalue weighted by Crippen LogP contribution is -2.24. The topological polar surface area (TPSA) is 29.1 Å². The maximum absolute atomic E-state index is 13.3. The van der Waals surface area contributed by atoms with Gasteiger partial charge >= 0.3 is 0 Å². The molecule has 78 valence electrons. The summed E-state index contributed by atoms with van der Waals surface area (Å²) >= 11 is 3.12.